The molecule has 0 saturated carbocycles. The third-order valence-corrected chi connectivity index (χ3v) is 5.15. The van der Waals surface area contributed by atoms with Gasteiger partial charge in [0.15, 0.2) is 17.5 Å². The van der Waals surface area contributed by atoms with Crippen LogP contribution in [0.25, 0.3) is 0 Å². The monoisotopic (exact) mass is 434 g/mol. The lowest BCUT2D eigenvalue weighted by Gasteiger charge is -2.37. The number of guanidine groups is 1. The van der Waals surface area contributed by atoms with Crippen molar-refractivity contribution in [3.8, 4) is 17.2 Å². The van der Waals surface area contributed by atoms with E-state index in [0.717, 1.165) is 43.4 Å². The number of halogens is 2. The van der Waals surface area contributed by atoms with Crippen molar-refractivity contribution in [1.82, 2.24) is 10.2 Å². The lowest BCUT2D eigenvalue weighted by Crippen LogP contribution is -2.52. The minimum absolute atomic E-state index is 0.0275. The first kappa shape index (κ1) is 22.5. The zero-order chi connectivity index (χ0) is 22.2. The van der Waals surface area contributed by atoms with Crippen LogP contribution in [0.5, 0.6) is 17.2 Å². The van der Waals surface area contributed by atoms with Gasteiger partial charge in [-0.15, -0.1) is 0 Å². The van der Waals surface area contributed by atoms with Gasteiger partial charge in [0.05, 0.1) is 12.8 Å². The number of anilines is 1. The van der Waals surface area contributed by atoms with Gasteiger partial charge in [-0.3, -0.25) is 4.99 Å². The lowest BCUT2D eigenvalue weighted by atomic mass is 10.1. The van der Waals surface area contributed by atoms with Crippen molar-refractivity contribution in [3.05, 3.63) is 48.0 Å². The van der Waals surface area contributed by atoms with Crippen LogP contribution in [0.1, 0.15) is 5.56 Å². The topological polar surface area (TPSA) is 69.6 Å². The Labute approximate surface area is 180 Å². The molecule has 0 aromatic heterocycles. The van der Waals surface area contributed by atoms with Gasteiger partial charge in [-0.25, -0.2) is 0 Å². The maximum atomic E-state index is 12.6. The fraction of sp³-hybridized carbons (Fsp3) is 0.409. The lowest BCUT2D eigenvalue weighted by molar-refractivity contribution is -0.0512. The number of aliphatic imine (C=N–C) groups is 1. The van der Waals surface area contributed by atoms with Gasteiger partial charge in [-0.1, -0.05) is 18.2 Å². The third-order valence-electron chi connectivity index (χ3n) is 5.15. The Balaban J connectivity index is 1.52. The first-order valence-electron chi connectivity index (χ1n) is 10.1. The smallest absolute Gasteiger partial charge is 0.387 e. The zero-order valence-corrected chi connectivity index (χ0v) is 17.7. The second-order valence-electron chi connectivity index (χ2n) is 7.05. The Morgan fingerprint density at radius 3 is 2.52 bits per heavy atom. The molecule has 9 heteroatoms. The van der Waals surface area contributed by atoms with Crippen molar-refractivity contribution in [2.45, 2.75) is 13.0 Å². The number of alkyl halides is 2. The molecule has 0 aliphatic carbocycles. The molecule has 0 bridgehead atoms. The molecule has 1 fully saturated rings. The molecule has 168 valence electrons. The fourth-order valence-electron chi connectivity index (χ4n) is 3.61. The number of nitrogens with zero attached hydrogens (tertiary/aromatic N) is 3. The van der Waals surface area contributed by atoms with Crippen LogP contribution in [0.4, 0.5) is 14.5 Å². The van der Waals surface area contributed by atoms with E-state index < -0.39 is 6.61 Å². The number of hydrogen-bond acceptors (Lipinski definition) is 5. The average molecular weight is 434 g/mol. The molecule has 0 unspecified atom stereocenters. The molecule has 7 nitrogen and oxygen atoms in total. The molecule has 1 heterocycles. The summed E-state index contributed by atoms with van der Waals surface area (Å²) in [5.74, 6) is 1.37. The largest absolute Gasteiger partial charge is 0.506 e. The highest BCUT2D eigenvalue weighted by Crippen LogP contribution is 2.30. The first-order chi connectivity index (χ1) is 15.0. The predicted octanol–water partition coefficient (Wildman–Crippen LogP) is 2.94. The Bertz CT molecular complexity index is 887. The zero-order valence-electron chi connectivity index (χ0n) is 17.7. The SMILES string of the molecule is CN=C(NCCc1ccc(OC)c(OC(F)F)c1)N1CCN(c2ccccc2O)CC1. The molecule has 3 rings (SSSR count). The minimum Gasteiger partial charge on any atom is -0.506 e. The fourth-order valence-corrected chi connectivity index (χ4v) is 3.61. The standard InChI is InChI=1S/C22H28F2N4O3/c1-25-22(28-13-11-27(12-14-28)17-5-3-4-6-18(17)29)26-10-9-16-7-8-19(30-2)20(15-16)31-21(23)24/h3-8,15,21,29H,9-14H2,1-2H3,(H,25,26). The molecule has 1 aliphatic heterocycles. The van der Waals surface area contributed by atoms with Crippen LogP contribution in [0.3, 0.4) is 0 Å². The van der Waals surface area contributed by atoms with E-state index in [1.807, 2.05) is 24.3 Å². The van der Waals surface area contributed by atoms with Crippen LogP contribution < -0.4 is 19.7 Å². The average Bonchev–Trinajstić information content (AvgIpc) is 2.77. The van der Waals surface area contributed by atoms with E-state index in [1.165, 1.54) is 7.11 Å². The minimum atomic E-state index is -2.91. The molecular weight excluding hydrogens is 406 g/mol. The number of piperazine rings is 1. The summed E-state index contributed by atoms with van der Waals surface area (Å²) in [5, 5.41) is 13.4. The first-order valence-corrected chi connectivity index (χ1v) is 10.1. The van der Waals surface area contributed by atoms with E-state index >= 15 is 0 Å². The summed E-state index contributed by atoms with van der Waals surface area (Å²) >= 11 is 0. The van der Waals surface area contributed by atoms with Gasteiger partial charge < -0.3 is 29.7 Å². The van der Waals surface area contributed by atoms with Crippen LogP contribution >= 0.6 is 0 Å². The predicted molar refractivity (Wildman–Crippen MR) is 117 cm³/mol. The van der Waals surface area contributed by atoms with Crippen LogP contribution in [0, 0.1) is 0 Å². The summed E-state index contributed by atoms with van der Waals surface area (Å²) < 4.78 is 34.8. The van der Waals surface area contributed by atoms with Crippen molar-refractivity contribution in [1.29, 1.82) is 0 Å². The van der Waals surface area contributed by atoms with Gasteiger partial charge in [0.25, 0.3) is 0 Å². The molecule has 1 aliphatic rings. The Kier molecular flexibility index (Phi) is 7.75. The molecule has 0 radical (unpaired) electrons. The summed E-state index contributed by atoms with van der Waals surface area (Å²) in [6.07, 6.45) is 0.612. The Morgan fingerprint density at radius 2 is 1.87 bits per heavy atom. The van der Waals surface area contributed by atoms with E-state index in [9.17, 15) is 13.9 Å². The van der Waals surface area contributed by atoms with Crippen molar-refractivity contribution in [2.75, 3.05) is 51.8 Å². The quantitative estimate of drug-likeness (QED) is 0.516. The van der Waals surface area contributed by atoms with Gasteiger partial charge in [0, 0.05) is 39.8 Å². The molecule has 2 N–H and O–H groups in total. The van der Waals surface area contributed by atoms with Crippen LogP contribution in [-0.2, 0) is 6.42 Å². The number of nitrogens with one attached hydrogen (secondary N) is 1. The van der Waals surface area contributed by atoms with Crippen molar-refractivity contribution >= 4 is 11.6 Å². The Hall–Kier alpha value is -3.23. The van der Waals surface area contributed by atoms with Crippen molar-refractivity contribution in [3.63, 3.8) is 0 Å². The third kappa shape index (κ3) is 5.90. The van der Waals surface area contributed by atoms with Gasteiger partial charge in [-0.05, 0) is 36.2 Å². The maximum absolute atomic E-state index is 12.6. The molecule has 31 heavy (non-hydrogen) atoms. The Morgan fingerprint density at radius 1 is 1.13 bits per heavy atom. The second kappa shape index (κ2) is 10.7. The number of aromatic hydroxyl groups is 1. The van der Waals surface area contributed by atoms with Crippen LogP contribution in [0.2, 0.25) is 0 Å². The van der Waals surface area contributed by atoms with Gasteiger partial charge in [0.2, 0.25) is 0 Å². The second-order valence-corrected chi connectivity index (χ2v) is 7.05. The highest BCUT2D eigenvalue weighted by molar-refractivity contribution is 5.80. The molecular formula is C22H28F2N4O3. The number of hydrogen-bond donors (Lipinski definition) is 2. The summed E-state index contributed by atoms with van der Waals surface area (Å²) in [5.41, 5.74) is 1.69. The summed E-state index contributed by atoms with van der Waals surface area (Å²) in [6.45, 7) is 0.756. The molecule has 0 spiro atoms. The number of methoxy groups -OCH3 is 1. The van der Waals surface area contributed by atoms with Crippen LogP contribution in [0.15, 0.2) is 47.5 Å². The molecule has 0 atom stereocenters. The van der Waals surface area contributed by atoms with Gasteiger partial charge in [0.1, 0.15) is 5.75 Å². The number of para-hydroxylation sites is 2. The molecule has 2 aromatic rings. The van der Waals surface area contributed by atoms with Crippen molar-refractivity contribution < 1.29 is 23.4 Å². The number of phenols is 1. The van der Waals surface area contributed by atoms with Gasteiger partial charge in [-0.2, -0.15) is 8.78 Å². The number of rotatable bonds is 7. The number of benzene rings is 2. The van der Waals surface area contributed by atoms with E-state index in [2.05, 4.69) is 24.8 Å². The van der Waals surface area contributed by atoms with E-state index in [1.54, 1.807) is 25.2 Å². The van der Waals surface area contributed by atoms with E-state index in [4.69, 9.17) is 4.74 Å². The summed E-state index contributed by atoms with van der Waals surface area (Å²) in [4.78, 5) is 8.68. The van der Waals surface area contributed by atoms with E-state index in [0.29, 0.717) is 13.0 Å². The highest BCUT2D eigenvalue weighted by Gasteiger charge is 2.21. The summed E-state index contributed by atoms with van der Waals surface area (Å²) in [6, 6.07) is 12.4. The van der Waals surface area contributed by atoms with Gasteiger partial charge >= 0.3 is 6.61 Å². The molecule has 1 saturated heterocycles. The number of phenolic OH excluding ortho intramolecular Hbond substituents is 1. The summed E-state index contributed by atoms with van der Waals surface area (Å²) in [7, 11) is 3.15. The highest BCUT2D eigenvalue weighted by atomic mass is 19.3. The van der Waals surface area contributed by atoms with Crippen LogP contribution in [-0.4, -0.2) is 69.5 Å². The maximum Gasteiger partial charge on any atom is 0.387 e. The molecule has 0 amide bonds. The van der Waals surface area contributed by atoms with E-state index in [-0.39, 0.29) is 17.2 Å². The number of ether oxygens (including phenoxy) is 2. The normalized spacial score (nSPS) is 14.7. The van der Waals surface area contributed by atoms with Crippen molar-refractivity contribution in [2.24, 2.45) is 4.99 Å². The molecule has 2 aromatic carbocycles.